The van der Waals surface area contributed by atoms with Gasteiger partial charge in [-0.15, -0.1) is 11.3 Å². The molecule has 2 rings (SSSR count). The molecule has 1 atom stereocenters. The molecule has 0 saturated heterocycles. The number of thiophene rings is 1. The Morgan fingerprint density at radius 1 is 1.22 bits per heavy atom. The summed E-state index contributed by atoms with van der Waals surface area (Å²) in [6.45, 7) is 2.56. The Balaban J connectivity index is 2.01. The zero-order chi connectivity index (χ0) is 13.1. The van der Waals surface area contributed by atoms with Crippen molar-refractivity contribution in [2.45, 2.75) is 19.5 Å². The highest BCUT2D eigenvalue weighted by Crippen LogP contribution is 2.21. The Morgan fingerprint density at radius 3 is 2.44 bits per heavy atom. The number of benzene rings is 1. The van der Waals surface area contributed by atoms with Crippen LogP contribution in [0.25, 0.3) is 0 Å². The molecule has 5 heteroatoms. The van der Waals surface area contributed by atoms with E-state index in [9.17, 15) is 8.78 Å². The first kappa shape index (κ1) is 13.6. The molecule has 1 N–H and O–H groups in total. The molecule has 0 radical (unpaired) electrons. The first-order valence-corrected chi connectivity index (χ1v) is 7.14. The fourth-order valence-electron chi connectivity index (χ4n) is 1.64. The van der Waals surface area contributed by atoms with Crippen LogP contribution in [-0.4, -0.2) is 0 Å². The Kier molecular flexibility index (Phi) is 4.48. The quantitative estimate of drug-likeness (QED) is 0.860. The topological polar surface area (TPSA) is 12.0 Å². The summed E-state index contributed by atoms with van der Waals surface area (Å²) >= 11 is 5.02. The largest absolute Gasteiger partial charge is 0.305 e. The first-order valence-electron chi connectivity index (χ1n) is 5.47. The van der Waals surface area contributed by atoms with Crippen LogP contribution >= 0.6 is 27.3 Å². The van der Waals surface area contributed by atoms with E-state index in [-0.39, 0.29) is 6.04 Å². The van der Waals surface area contributed by atoms with Crippen molar-refractivity contribution in [2.75, 3.05) is 0 Å². The molecule has 1 aromatic heterocycles. The van der Waals surface area contributed by atoms with Crippen molar-refractivity contribution < 1.29 is 8.78 Å². The van der Waals surface area contributed by atoms with Crippen LogP contribution < -0.4 is 5.32 Å². The van der Waals surface area contributed by atoms with E-state index in [2.05, 4.69) is 21.2 Å². The minimum Gasteiger partial charge on any atom is -0.305 e. The summed E-state index contributed by atoms with van der Waals surface area (Å²) in [5.74, 6) is -1.09. The van der Waals surface area contributed by atoms with Gasteiger partial charge in [-0.3, -0.25) is 0 Å². The minimum absolute atomic E-state index is 0.101. The summed E-state index contributed by atoms with van der Waals surface area (Å²) in [4.78, 5) is 1.17. The molecule has 0 spiro atoms. The lowest BCUT2D eigenvalue weighted by Gasteiger charge is -2.13. The molecule has 1 heterocycles. The van der Waals surface area contributed by atoms with Gasteiger partial charge in [0, 0.05) is 33.4 Å². The van der Waals surface area contributed by atoms with Gasteiger partial charge in [-0.2, -0.15) is 0 Å². The molecule has 0 aliphatic rings. The highest BCUT2D eigenvalue weighted by atomic mass is 79.9. The molecular formula is C13H12BrF2NS. The van der Waals surface area contributed by atoms with Crippen LogP contribution in [-0.2, 0) is 6.54 Å². The Bertz CT molecular complexity index is 521. The Morgan fingerprint density at radius 2 is 1.89 bits per heavy atom. The van der Waals surface area contributed by atoms with Crippen molar-refractivity contribution in [2.24, 2.45) is 0 Å². The zero-order valence-electron chi connectivity index (χ0n) is 9.71. The fourth-order valence-corrected chi connectivity index (χ4v) is 3.05. The molecule has 2 aromatic rings. The van der Waals surface area contributed by atoms with Crippen LogP contribution in [0.4, 0.5) is 8.78 Å². The molecular weight excluding hydrogens is 320 g/mol. The smallest absolute Gasteiger partial charge is 0.126 e. The lowest BCUT2D eigenvalue weighted by molar-refractivity contribution is 0.547. The predicted octanol–water partition coefficient (Wildman–Crippen LogP) is 4.64. The molecule has 1 nitrogen and oxygen atoms in total. The molecule has 1 unspecified atom stereocenters. The van der Waals surface area contributed by atoms with Crippen LogP contribution in [0.1, 0.15) is 23.4 Å². The number of hydrogen-bond donors (Lipinski definition) is 1. The third-order valence-corrected chi connectivity index (χ3v) is 4.29. The highest BCUT2D eigenvalue weighted by Gasteiger charge is 2.08. The molecule has 0 aliphatic carbocycles. The molecule has 1 aromatic carbocycles. The van der Waals surface area contributed by atoms with Gasteiger partial charge in [0.05, 0.1) is 0 Å². The van der Waals surface area contributed by atoms with E-state index in [1.54, 1.807) is 11.3 Å². The van der Waals surface area contributed by atoms with Crippen molar-refractivity contribution in [3.63, 3.8) is 0 Å². The van der Waals surface area contributed by atoms with Gasteiger partial charge in [0.1, 0.15) is 11.6 Å². The molecule has 0 fully saturated rings. The van der Waals surface area contributed by atoms with Gasteiger partial charge in [0.25, 0.3) is 0 Å². The van der Waals surface area contributed by atoms with Gasteiger partial charge < -0.3 is 5.32 Å². The van der Waals surface area contributed by atoms with Gasteiger partial charge >= 0.3 is 0 Å². The maximum atomic E-state index is 13.1. The second-order valence-corrected chi connectivity index (χ2v) is 5.95. The van der Waals surface area contributed by atoms with E-state index in [0.717, 1.165) is 10.5 Å². The Labute approximate surface area is 117 Å². The van der Waals surface area contributed by atoms with Gasteiger partial charge in [-0.25, -0.2) is 8.78 Å². The van der Waals surface area contributed by atoms with Crippen molar-refractivity contribution in [1.82, 2.24) is 5.32 Å². The maximum absolute atomic E-state index is 13.1. The van der Waals surface area contributed by atoms with E-state index >= 15 is 0 Å². The van der Waals surface area contributed by atoms with Crippen molar-refractivity contribution in [3.05, 3.63) is 56.2 Å². The molecule has 18 heavy (non-hydrogen) atoms. The van der Waals surface area contributed by atoms with Gasteiger partial charge in [-0.1, -0.05) is 0 Å². The monoisotopic (exact) mass is 331 g/mol. The average Bonchev–Trinajstić information content (AvgIpc) is 2.70. The van der Waals surface area contributed by atoms with Crippen molar-refractivity contribution in [1.29, 1.82) is 0 Å². The van der Waals surface area contributed by atoms with Crippen LogP contribution in [0.15, 0.2) is 34.1 Å². The lowest BCUT2D eigenvalue weighted by atomic mass is 10.1. The van der Waals surface area contributed by atoms with E-state index < -0.39 is 11.6 Å². The number of halogens is 3. The maximum Gasteiger partial charge on any atom is 0.126 e. The van der Waals surface area contributed by atoms with Crippen LogP contribution in [0.5, 0.6) is 0 Å². The average molecular weight is 332 g/mol. The summed E-state index contributed by atoms with van der Waals surface area (Å²) in [5, 5.41) is 5.24. The van der Waals surface area contributed by atoms with E-state index in [1.165, 1.54) is 17.0 Å². The van der Waals surface area contributed by atoms with Gasteiger partial charge in [-0.05, 0) is 46.6 Å². The van der Waals surface area contributed by atoms with Gasteiger partial charge in [0.2, 0.25) is 0 Å². The van der Waals surface area contributed by atoms with Gasteiger partial charge in [0.15, 0.2) is 0 Å². The third-order valence-electron chi connectivity index (χ3n) is 2.59. The summed E-state index contributed by atoms with van der Waals surface area (Å²) in [5.41, 5.74) is 0.614. The number of hydrogen-bond acceptors (Lipinski definition) is 2. The van der Waals surface area contributed by atoms with Crippen molar-refractivity contribution in [3.8, 4) is 0 Å². The highest BCUT2D eigenvalue weighted by molar-refractivity contribution is 9.10. The SMILES string of the molecule is CC(NCc1cc(Br)cs1)c1cc(F)cc(F)c1. The van der Waals surface area contributed by atoms with Crippen LogP contribution in [0.3, 0.4) is 0 Å². The zero-order valence-corrected chi connectivity index (χ0v) is 12.1. The lowest BCUT2D eigenvalue weighted by Crippen LogP contribution is -2.17. The standard InChI is InChI=1S/C13H12BrF2NS/c1-8(9-2-11(15)5-12(16)3-9)17-6-13-4-10(14)7-18-13/h2-5,7-8,17H,6H2,1H3. The summed E-state index contributed by atoms with van der Waals surface area (Å²) in [6, 6.07) is 5.51. The van der Waals surface area contributed by atoms with Crippen molar-refractivity contribution >= 4 is 27.3 Å². The minimum atomic E-state index is -0.544. The molecule has 0 bridgehead atoms. The Hall–Kier alpha value is -0.780. The van der Waals surface area contributed by atoms with E-state index in [0.29, 0.717) is 12.1 Å². The molecule has 0 amide bonds. The van der Waals surface area contributed by atoms with E-state index in [4.69, 9.17) is 0 Å². The summed E-state index contributed by atoms with van der Waals surface area (Å²) in [6.07, 6.45) is 0. The number of rotatable bonds is 4. The second-order valence-electron chi connectivity index (χ2n) is 4.04. The molecule has 96 valence electrons. The fraction of sp³-hybridized carbons (Fsp3) is 0.231. The summed E-state index contributed by atoms with van der Waals surface area (Å²) < 4.78 is 27.2. The second kappa shape index (κ2) is 5.91. The number of nitrogens with one attached hydrogen (secondary N) is 1. The predicted molar refractivity (Wildman–Crippen MR) is 73.6 cm³/mol. The van der Waals surface area contributed by atoms with Crippen LogP contribution in [0, 0.1) is 11.6 Å². The first-order chi connectivity index (χ1) is 8.54. The summed E-state index contributed by atoms with van der Waals surface area (Å²) in [7, 11) is 0. The third kappa shape index (κ3) is 3.60. The van der Waals surface area contributed by atoms with Crippen LogP contribution in [0.2, 0.25) is 0 Å². The molecule has 0 aliphatic heterocycles. The normalized spacial score (nSPS) is 12.7. The van der Waals surface area contributed by atoms with E-state index in [1.807, 2.05) is 18.4 Å². The molecule has 0 saturated carbocycles.